The van der Waals surface area contributed by atoms with Crippen molar-refractivity contribution in [3.05, 3.63) is 35.4 Å². The third-order valence-corrected chi connectivity index (χ3v) is 3.31. The van der Waals surface area contributed by atoms with Gasteiger partial charge in [0.2, 0.25) is 0 Å². The van der Waals surface area contributed by atoms with Gasteiger partial charge in [0, 0.05) is 24.6 Å². The second kappa shape index (κ2) is 8.08. The van der Waals surface area contributed by atoms with Crippen LogP contribution in [0.25, 0.3) is 10.8 Å². The van der Waals surface area contributed by atoms with E-state index in [1.165, 1.54) is 0 Å². The van der Waals surface area contributed by atoms with Crippen molar-refractivity contribution in [2.75, 3.05) is 40.6 Å². The Kier molecular flexibility index (Phi) is 6.11. The molecule has 2 aromatic carbocycles. The van der Waals surface area contributed by atoms with E-state index in [4.69, 9.17) is 30.5 Å². The Labute approximate surface area is 129 Å². The zero-order valence-electron chi connectivity index (χ0n) is 12.2. The second-order valence-electron chi connectivity index (χ2n) is 4.44. The Balaban J connectivity index is 2.29. The monoisotopic (exact) mass is 310 g/mol. The van der Waals surface area contributed by atoms with Crippen LogP contribution in [0.15, 0.2) is 30.3 Å². The second-order valence-corrected chi connectivity index (χ2v) is 4.85. The Morgan fingerprint density at radius 3 is 2.10 bits per heavy atom. The largest absolute Gasteiger partial charge is 0.487 e. The molecule has 0 fully saturated rings. The number of ether oxygens (including phenoxy) is 4. The van der Waals surface area contributed by atoms with Crippen molar-refractivity contribution < 1.29 is 18.9 Å². The van der Waals surface area contributed by atoms with Crippen molar-refractivity contribution in [3.63, 3.8) is 0 Å². The van der Waals surface area contributed by atoms with Gasteiger partial charge in [0.1, 0.15) is 13.2 Å². The summed E-state index contributed by atoms with van der Waals surface area (Å²) in [4.78, 5) is 0. The molecule has 2 rings (SSSR count). The SMILES string of the molecule is COCCOc1cc2cccc(Cl)c2cc1OCCOC. The van der Waals surface area contributed by atoms with Crippen LogP contribution in [0.3, 0.4) is 0 Å². The van der Waals surface area contributed by atoms with Crippen molar-refractivity contribution in [2.24, 2.45) is 0 Å². The molecule has 0 saturated carbocycles. The Morgan fingerprint density at radius 1 is 0.857 bits per heavy atom. The summed E-state index contributed by atoms with van der Waals surface area (Å²) in [5.41, 5.74) is 0. The van der Waals surface area contributed by atoms with E-state index in [9.17, 15) is 0 Å². The fourth-order valence-corrected chi connectivity index (χ4v) is 2.18. The molecule has 0 N–H and O–H groups in total. The zero-order valence-corrected chi connectivity index (χ0v) is 13.0. The van der Waals surface area contributed by atoms with E-state index in [0.717, 1.165) is 10.8 Å². The van der Waals surface area contributed by atoms with Gasteiger partial charge in [-0.2, -0.15) is 0 Å². The third-order valence-electron chi connectivity index (χ3n) is 2.98. The molecule has 0 spiro atoms. The maximum atomic E-state index is 6.23. The fraction of sp³-hybridized carbons (Fsp3) is 0.375. The van der Waals surface area contributed by atoms with Crippen LogP contribution in [0.4, 0.5) is 0 Å². The number of hydrogen-bond donors (Lipinski definition) is 0. The maximum absolute atomic E-state index is 6.23. The number of benzene rings is 2. The average Bonchev–Trinajstić information content (AvgIpc) is 2.49. The Hall–Kier alpha value is -1.49. The molecule has 114 valence electrons. The van der Waals surface area contributed by atoms with Crippen molar-refractivity contribution >= 4 is 22.4 Å². The lowest BCUT2D eigenvalue weighted by Gasteiger charge is -2.14. The zero-order chi connectivity index (χ0) is 15.1. The molecule has 0 aliphatic rings. The van der Waals surface area contributed by atoms with Gasteiger partial charge < -0.3 is 18.9 Å². The lowest BCUT2D eigenvalue weighted by Crippen LogP contribution is -2.08. The minimum absolute atomic E-state index is 0.451. The predicted octanol–water partition coefficient (Wildman–Crippen LogP) is 3.54. The number of halogens is 1. The predicted molar refractivity (Wildman–Crippen MR) is 83.7 cm³/mol. The maximum Gasteiger partial charge on any atom is 0.161 e. The van der Waals surface area contributed by atoms with Crippen molar-refractivity contribution in [1.29, 1.82) is 0 Å². The molecule has 0 radical (unpaired) electrons. The Morgan fingerprint density at radius 2 is 1.48 bits per heavy atom. The standard InChI is InChI=1S/C16H19ClO4/c1-18-6-8-20-15-10-12-4-3-5-14(17)13(12)11-16(15)21-9-7-19-2/h3-5,10-11H,6-9H2,1-2H3. The first-order valence-corrected chi connectivity index (χ1v) is 7.10. The fourth-order valence-electron chi connectivity index (χ4n) is 1.94. The molecule has 4 nitrogen and oxygen atoms in total. The summed E-state index contributed by atoms with van der Waals surface area (Å²) < 4.78 is 21.4. The van der Waals surface area contributed by atoms with Gasteiger partial charge in [-0.1, -0.05) is 23.7 Å². The highest BCUT2D eigenvalue weighted by Crippen LogP contribution is 2.35. The summed E-state index contributed by atoms with van der Waals surface area (Å²) in [5.74, 6) is 1.33. The van der Waals surface area contributed by atoms with Gasteiger partial charge in [-0.05, 0) is 23.6 Å². The molecule has 21 heavy (non-hydrogen) atoms. The van der Waals surface area contributed by atoms with E-state index < -0.39 is 0 Å². The molecule has 0 saturated heterocycles. The summed E-state index contributed by atoms with van der Waals surface area (Å²) in [5, 5.41) is 2.63. The van der Waals surface area contributed by atoms with Crippen LogP contribution >= 0.6 is 11.6 Å². The number of methoxy groups -OCH3 is 2. The summed E-state index contributed by atoms with van der Waals surface area (Å²) in [6, 6.07) is 9.58. The molecule has 0 atom stereocenters. The smallest absolute Gasteiger partial charge is 0.161 e. The summed E-state index contributed by atoms with van der Waals surface area (Å²) in [7, 11) is 3.27. The number of fused-ring (bicyclic) bond motifs is 1. The van der Waals surface area contributed by atoms with Gasteiger partial charge in [0.25, 0.3) is 0 Å². The van der Waals surface area contributed by atoms with Crippen LogP contribution in [-0.2, 0) is 9.47 Å². The molecule has 2 aromatic rings. The van der Waals surface area contributed by atoms with Crippen LogP contribution in [0.1, 0.15) is 0 Å². The third kappa shape index (κ3) is 4.24. The number of rotatable bonds is 8. The van der Waals surface area contributed by atoms with E-state index in [1.54, 1.807) is 14.2 Å². The van der Waals surface area contributed by atoms with Crippen molar-refractivity contribution in [1.82, 2.24) is 0 Å². The molecule has 0 unspecified atom stereocenters. The van der Waals surface area contributed by atoms with Crippen LogP contribution in [0, 0.1) is 0 Å². The van der Waals surface area contributed by atoms with E-state index in [1.807, 2.05) is 30.3 Å². The molecule has 0 bridgehead atoms. The van der Waals surface area contributed by atoms with Gasteiger partial charge in [-0.15, -0.1) is 0 Å². The summed E-state index contributed by atoms with van der Waals surface area (Å²) in [6.07, 6.45) is 0. The normalized spacial score (nSPS) is 10.8. The summed E-state index contributed by atoms with van der Waals surface area (Å²) in [6.45, 7) is 1.94. The van der Waals surface area contributed by atoms with Gasteiger partial charge in [0.05, 0.1) is 13.2 Å². The first-order chi connectivity index (χ1) is 10.3. The topological polar surface area (TPSA) is 36.9 Å². The van der Waals surface area contributed by atoms with Crippen LogP contribution in [0.5, 0.6) is 11.5 Å². The molecule has 5 heteroatoms. The summed E-state index contributed by atoms with van der Waals surface area (Å²) >= 11 is 6.23. The average molecular weight is 311 g/mol. The van der Waals surface area contributed by atoms with Crippen molar-refractivity contribution in [2.45, 2.75) is 0 Å². The highest BCUT2D eigenvalue weighted by molar-refractivity contribution is 6.35. The van der Waals surface area contributed by atoms with Gasteiger partial charge in [0.15, 0.2) is 11.5 Å². The van der Waals surface area contributed by atoms with E-state index in [-0.39, 0.29) is 0 Å². The quantitative estimate of drug-likeness (QED) is 0.699. The first-order valence-electron chi connectivity index (χ1n) is 6.72. The lowest BCUT2D eigenvalue weighted by atomic mass is 10.1. The molecular weight excluding hydrogens is 292 g/mol. The molecule has 0 aliphatic carbocycles. The first kappa shape index (κ1) is 15.9. The highest BCUT2D eigenvalue weighted by atomic mass is 35.5. The van der Waals surface area contributed by atoms with Crippen LogP contribution in [0.2, 0.25) is 5.02 Å². The molecule has 0 amide bonds. The van der Waals surface area contributed by atoms with Crippen molar-refractivity contribution in [3.8, 4) is 11.5 Å². The minimum Gasteiger partial charge on any atom is -0.487 e. The molecule has 0 heterocycles. The van der Waals surface area contributed by atoms with Gasteiger partial charge in [-0.3, -0.25) is 0 Å². The minimum atomic E-state index is 0.451. The molecule has 0 aromatic heterocycles. The van der Waals surface area contributed by atoms with Crippen LogP contribution in [-0.4, -0.2) is 40.6 Å². The number of hydrogen-bond acceptors (Lipinski definition) is 4. The van der Waals surface area contributed by atoms with Gasteiger partial charge in [-0.25, -0.2) is 0 Å². The lowest BCUT2D eigenvalue weighted by molar-refractivity contribution is 0.132. The molecule has 0 aliphatic heterocycles. The Bertz CT molecular complexity index is 586. The van der Waals surface area contributed by atoms with E-state index >= 15 is 0 Å². The highest BCUT2D eigenvalue weighted by Gasteiger charge is 2.10. The van der Waals surface area contributed by atoms with E-state index in [2.05, 4.69) is 0 Å². The van der Waals surface area contributed by atoms with E-state index in [0.29, 0.717) is 42.9 Å². The van der Waals surface area contributed by atoms with Gasteiger partial charge >= 0.3 is 0 Å². The molecular formula is C16H19ClO4. The van der Waals surface area contributed by atoms with Crippen LogP contribution < -0.4 is 9.47 Å².